The molecule has 1 N–H and O–H groups in total. The molecule has 202 valence electrons. The molecule has 0 aliphatic heterocycles. The van der Waals surface area contributed by atoms with Crippen LogP contribution < -0.4 is 5.32 Å². The van der Waals surface area contributed by atoms with E-state index in [4.69, 9.17) is 46.4 Å². The van der Waals surface area contributed by atoms with Crippen LogP contribution >= 0.6 is 46.4 Å². The van der Waals surface area contributed by atoms with E-state index in [-0.39, 0.29) is 36.8 Å². The van der Waals surface area contributed by atoms with Crippen molar-refractivity contribution in [1.29, 1.82) is 0 Å². The minimum absolute atomic E-state index is 0.0518. The number of nitrogens with one attached hydrogen (secondary N) is 1. The van der Waals surface area contributed by atoms with Gasteiger partial charge in [-0.1, -0.05) is 52.5 Å². The number of rotatable bonds is 8. The van der Waals surface area contributed by atoms with E-state index in [1.807, 2.05) is 0 Å². The van der Waals surface area contributed by atoms with Gasteiger partial charge < -0.3 is 10.2 Å². The summed E-state index contributed by atoms with van der Waals surface area (Å²) in [6, 6.07) is 5.41. The highest BCUT2D eigenvalue weighted by Gasteiger charge is 2.35. The van der Waals surface area contributed by atoms with Gasteiger partial charge in [0.2, 0.25) is 5.91 Å². The monoisotopic (exact) mass is 608 g/mol. The van der Waals surface area contributed by atoms with Crippen LogP contribution in [0.25, 0.3) is 5.83 Å². The van der Waals surface area contributed by atoms with Gasteiger partial charge in [-0.2, -0.15) is 13.2 Å². The number of hydrogen-bond acceptors (Lipinski definition) is 2. The molecule has 0 radical (unpaired) electrons. The summed E-state index contributed by atoms with van der Waals surface area (Å²) < 4.78 is 80.9. The van der Waals surface area contributed by atoms with Crippen molar-refractivity contribution < 1.29 is 35.9 Å². The lowest BCUT2D eigenvalue weighted by Crippen LogP contribution is -2.42. The number of allylic oxidation sites excluding steroid dienone is 1. The lowest BCUT2D eigenvalue weighted by Gasteiger charge is -2.22. The minimum atomic E-state index is -4.61. The number of hydrogen-bond donors (Lipinski definition) is 1. The van der Waals surface area contributed by atoms with E-state index in [1.165, 1.54) is 0 Å². The first kappa shape index (κ1) is 31.1. The van der Waals surface area contributed by atoms with Crippen LogP contribution in [0, 0.1) is 0 Å². The van der Waals surface area contributed by atoms with Crippen molar-refractivity contribution in [3.05, 3.63) is 73.2 Å². The van der Waals surface area contributed by atoms with Crippen molar-refractivity contribution in [2.24, 2.45) is 0 Å². The first-order chi connectivity index (χ1) is 16.9. The lowest BCUT2D eigenvalue weighted by molar-refractivity contribution is -0.157. The number of nitrogens with zero attached hydrogens (tertiary/aromatic N) is 1. The van der Waals surface area contributed by atoms with Crippen LogP contribution in [-0.4, -0.2) is 49.0 Å². The van der Waals surface area contributed by atoms with Crippen molar-refractivity contribution in [3.8, 4) is 0 Å². The molecule has 0 fully saturated rings. The van der Waals surface area contributed by atoms with E-state index < -0.39 is 48.7 Å². The number of carbonyl (C=O) groups excluding carboxylic acids is 2. The van der Waals surface area contributed by atoms with Gasteiger partial charge in [0, 0.05) is 19.5 Å². The molecule has 1 atom stereocenters. The van der Waals surface area contributed by atoms with Gasteiger partial charge >= 0.3 is 6.18 Å². The van der Waals surface area contributed by atoms with Crippen molar-refractivity contribution in [2.45, 2.75) is 24.9 Å². The van der Waals surface area contributed by atoms with Crippen LogP contribution in [0.4, 0.5) is 26.3 Å². The average Bonchev–Trinajstić information content (AvgIpc) is 2.76. The van der Waals surface area contributed by atoms with Crippen molar-refractivity contribution >= 4 is 64.0 Å². The maximum Gasteiger partial charge on any atom is 0.406 e. The second kappa shape index (κ2) is 12.1. The maximum atomic E-state index is 15.0. The van der Waals surface area contributed by atoms with Crippen LogP contribution in [0.1, 0.15) is 34.3 Å². The molecule has 2 amide bonds. The minimum Gasteiger partial charge on any atom is -0.343 e. The first-order valence-electron chi connectivity index (χ1n) is 10.2. The summed E-state index contributed by atoms with van der Waals surface area (Å²) in [5.41, 5.74) is -0.578. The van der Waals surface area contributed by atoms with Gasteiger partial charge in [0.1, 0.15) is 12.4 Å². The molecule has 2 aromatic carbocycles. The number of benzene rings is 2. The van der Waals surface area contributed by atoms with Crippen LogP contribution in [0.3, 0.4) is 0 Å². The zero-order valence-corrected chi connectivity index (χ0v) is 22.0. The number of likely N-dealkylation sites (N-methyl/N-ethyl adjacent to an activating group) is 1. The molecular formula is C23H18Cl4F6N2O2. The molecule has 0 bridgehead atoms. The summed E-state index contributed by atoms with van der Waals surface area (Å²) in [5, 5.41) is 1.56. The summed E-state index contributed by atoms with van der Waals surface area (Å²) in [7, 11) is 0.915. The highest BCUT2D eigenvalue weighted by molar-refractivity contribution is 6.48. The molecule has 4 nitrogen and oxygen atoms in total. The molecule has 0 saturated carbocycles. The summed E-state index contributed by atoms with van der Waals surface area (Å²) in [4.78, 5) is 24.5. The van der Waals surface area contributed by atoms with Gasteiger partial charge in [-0.05, 0) is 35.9 Å². The molecule has 0 heterocycles. The molecule has 37 heavy (non-hydrogen) atoms. The van der Waals surface area contributed by atoms with Crippen LogP contribution in [0.5, 0.6) is 0 Å². The topological polar surface area (TPSA) is 49.4 Å². The van der Waals surface area contributed by atoms with E-state index in [1.54, 1.807) is 0 Å². The van der Waals surface area contributed by atoms with Crippen LogP contribution in [-0.2, 0) is 4.79 Å². The van der Waals surface area contributed by atoms with Crippen LogP contribution in [0.15, 0.2) is 36.4 Å². The van der Waals surface area contributed by atoms with Gasteiger partial charge in [0.25, 0.3) is 11.8 Å². The molecule has 2 aromatic rings. The fraction of sp³-hybridized carbons (Fsp3) is 0.304. The molecule has 0 spiro atoms. The van der Waals surface area contributed by atoms with Crippen molar-refractivity contribution in [2.75, 3.05) is 20.1 Å². The maximum absolute atomic E-state index is 15.0. The summed E-state index contributed by atoms with van der Waals surface area (Å²) in [6.45, 7) is -1.68. The van der Waals surface area contributed by atoms with E-state index in [2.05, 4.69) is 5.32 Å². The van der Waals surface area contributed by atoms with Gasteiger partial charge in [0.05, 0.1) is 38.1 Å². The molecule has 0 saturated heterocycles. The zero-order chi connectivity index (χ0) is 28.3. The number of alkyl halides is 5. The highest BCUT2D eigenvalue weighted by Crippen LogP contribution is 2.41. The second-order valence-electron chi connectivity index (χ2n) is 7.99. The summed E-state index contributed by atoms with van der Waals surface area (Å²) in [5.74, 6) is -8.29. The van der Waals surface area contributed by atoms with E-state index in [9.17, 15) is 31.5 Å². The lowest BCUT2D eigenvalue weighted by atomic mass is 9.92. The van der Waals surface area contributed by atoms with Crippen LogP contribution in [0.2, 0.25) is 20.1 Å². The Kier molecular flexibility index (Phi) is 10.2. The molecule has 0 aliphatic rings. The van der Waals surface area contributed by atoms with Gasteiger partial charge in [-0.15, -0.1) is 0 Å². The Bertz CT molecular complexity index is 1190. The third-order valence-electron chi connectivity index (χ3n) is 4.96. The fourth-order valence-electron chi connectivity index (χ4n) is 3.12. The molecule has 0 aliphatic carbocycles. The standard InChI is InChI=1S/C23H18Cl4F6N2O2/c1-22(29,30)14(12-6-16(25)20(27)17(26)7-12)8-18(28)11-3-4-13(15(24)5-11)21(37)34-9-19(36)35(2)10-23(31,32)33/h3-8,14H,9-10H2,1-2H3,(H,34,37)/b18-8-. The quantitative estimate of drug-likeness (QED) is 0.245. The number of halogens is 10. The molecule has 0 aromatic heterocycles. The Hall–Kier alpha value is -2.14. The molecular weight excluding hydrogens is 592 g/mol. The Balaban J connectivity index is 2.24. The van der Waals surface area contributed by atoms with E-state index in [0.717, 1.165) is 37.4 Å². The SMILES string of the molecule is CN(CC(F)(F)F)C(=O)CNC(=O)c1ccc(/C(F)=C/C(c2cc(Cl)c(Cl)c(Cl)c2)C(C)(F)F)cc1Cl. The van der Waals surface area contributed by atoms with E-state index >= 15 is 4.39 Å². The highest BCUT2D eigenvalue weighted by atomic mass is 35.5. The van der Waals surface area contributed by atoms with Crippen molar-refractivity contribution in [1.82, 2.24) is 10.2 Å². The van der Waals surface area contributed by atoms with Crippen molar-refractivity contribution in [3.63, 3.8) is 0 Å². The summed E-state index contributed by atoms with van der Waals surface area (Å²) >= 11 is 23.7. The fourth-order valence-corrected chi connectivity index (χ4v) is 4.00. The second-order valence-corrected chi connectivity index (χ2v) is 9.59. The molecule has 1 unspecified atom stereocenters. The predicted octanol–water partition coefficient (Wildman–Crippen LogP) is 7.80. The number of carbonyl (C=O) groups is 2. The van der Waals surface area contributed by atoms with E-state index in [0.29, 0.717) is 17.9 Å². The number of amides is 2. The Morgan fingerprint density at radius 1 is 1.00 bits per heavy atom. The normalized spacial score (nSPS) is 13.4. The molecule has 2 rings (SSSR count). The average molecular weight is 610 g/mol. The van der Waals surface area contributed by atoms with Gasteiger partial charge in [-0.25, -0.2) is 13.2 Å². The zero-order valence-electron chi connectivity index (χ0n) is 19.0. The predicted molar refractivity (Wildman–Crippen MR) is 131 cm³/mol. The third kappa shape index (κ3) is 8.70. The third-order valence-corrected chi connectivity index (χ3v) is 6.47. The van der Waals surface area contributed by atoms with Gasteiger partial charge in [0.15, 0.2) is 0 Å². The Morgan fingerprint density at radius 2 is 1.57 bits per heavy atom. The molecule has 14 heteroatoms. The Labute approximate surface area is 228 Å². The smallest absolute Gasteiger partial charge is 0.343 e. The first-order valence-corrected chi connectivity index (χ1v) is 11.7. The summed E-state index contributed by atoms with van der Waals surface area (Å²) in [6.07, 6.45) is -3.98. The van der Waals surface area contributed by atoms with Gasteiger partial charge in [-0.3, -0.25) is 9.59 Å². The largest absolute Gasteiger partial charge is 0.406 e. The Morgan fingerprint density at radius 3 is 2.05 bits per heavy atom.